The van der Waals surface area contributed by atoms with Gasteiger partial charge in [-0.3, -0.25) is 4.98 Å². The van der Waals surface area contributed by atoms with Gasteiger partial charge in [-0.25, -0.2) is 4.79 Å². The standard InChI is InChI=1S/C16H14N6OS/c23-15-19-12-2-1-11(7-13(12)20-15)14-9-24-16(22-21-14)18-8-10-3-5-17-6-4-10/h1-7H,8-9H2,(H,18,22)(H2,19,20,23). The van der Waals surface area contributed by atoms with Crippen molar-refractivity contribution in [2.24, 2.45) is 10.2 Å². The number of amidine groups is 1. The summed E-state index contributed by atoms with van der Waals surface area (Å²) in [7, 11) is 0. The number of thioether (sulfide) groups is 1. The maximum absolute atomic E-state index is 11.3. The molecule has 0 bridgehead atoms. The van der Waals surface area contributed by atoms with Crippen LogP contribution in [0.15, 0.2) is 57.7 Å². The van der Waals surface area contributed by atoms with Gasteiger partial charge in [0.05, 0.1) is 16.7 Å². The van der Waals surface area contributed by atoms with Crippen molar-refractivity contribution in [3.63, 3.8) is 0 Å². The van der Waals surface area contributed by atoms with Crippen LogP contribution in [0.5, 0.6) is 0 Å². The second kappa shape index (κ2) is 6.32. The molecule has 0 saturated carbocycles. The minimum absolute atomic E-state index is 0.206. The van der Waals surface area contributed by atoms with E-state index in [1.54, 1.807) is 24.2 Å². The second-order valence-electron chi connectivity index (χ2n) is 5.29. The third-order valence-corrected chi connectivity index (χ3v) is 4.57. The number of pyridine rings is 1. The molecule has 1 aliphatic heterocycles. The van der Waals surface area contributed by atoms with Gasteiger partial charge in [0.15, 0.2) is 5.17 Å². The molecule has 0 fully saturated rings. The molecule has 0 unspecified atom stereocenters. The molecule has 0 spiro atoms. The molecule has 0 aliphatic carbocycles. The number of aromatic amines is 2. The van der Waals surface area contributed by atoms with E-state index in [0.29, 0.717) is 6.54 Å². The van der Waals surface area contributed by atoms with Crippen molar-refractivity contribution in [2.45, 2.75) is 6.54 Å². The first-order chi connectivity index (χ1) is 11.8. The highest BCUT2D eigenvalue weighted by Crippen LogP contribution is 2.17. The second-order valence-corrected chi connectivity index (χ2v) is 6.25. The number of aromatic nitrogens is 3. The zero-order chi connectivity index (χ0) is 16.4. The van der Waals surface area contributed by atoms with Crippen LogP contribution >= 0.6 is 11.8 Å². The number of imidazole rings is 1. The van der Waals surface area contributed by atoms with Crippen LogP contribution in [0.3, 0.4) is 0 Å². The van der Waals surface area contributed by atoms with Crippen LogP contribution < -0.4 is 11.0 Å². The van der Waals surface area contributed by atoms with Crippen molar-refractivity contribution >= 4 is 33.7 Å². The van der Waals surface area contributed by atoms with E-state index < -0.39 is 0 Å². The first kappa shape index (κ1) is 14.7. The Bertz CT molecular complexity index is 988. The lowest BCUT2D eigenvalue weighted by Crippen LogP contribution is -2.23. The van der Waals surface area contributed by atoms with Gasteiger partial charge in [-0.2, -0.15) is 5.10 Å². The molecule has 3 heterocycles. The predicted molar refractivity (Wildman–Crippen MR) is 96.4 cm³/mol. The Labute approximate surface area is 141 Å². The van der Waals surface area contributed by atoms with Gasteiger partial charge in [0.1, 0.15) is 0 Å². The van der Waals surface area contributed by atoms with E-state index in [9.17, 15) is 4.79 Å². The summed E-state index contributed by atoms with van der Waals surface area (Å²) in [5.41, 5.74) is 4.35. The average molecular weight is 338 g/mol. The van der Waals surface area contributed by atoms with Gasteiger partial charge in [-0.05, 0) is 29.8 Å². The fourth-order valence-electron chi connectivity index (χ4n) is 2.42. The van der Waals surface area contributed by atoms with Gasteiger partial charge in [-0.1, -0.05) is 17.8 Å². The summed E-state index contributed by atoms with van der Waals surface area (Å²) < 4.78 is 0. The minimum atomic E-state index is -0.206. The van der Waals surface area contributed by atoms with Gasteiger partial charge >= 0.3 is 5.69 Å². The van der Waals surface area contributed by atoms with Crippen LogP contribution in [0.1, 0.15) is 11.1 Å². The van der Waals surface area contributed by atoms with E-state index in [1.165, 1.54) is 0 Å². The quantitative estimate of drug-likeness (QED) is 0.679. The Morgan fingerprint density at radius 2 is 1.92 bits per heavy atom. The van der Waals surface area contributed by atoms with Crippen molar-refractivity contribution in [3.8, 4) is 0 Å². The third-order valence-electron chi connectivity index (χ3n) is 3.65. The summed E-state index contributed by atoms with van der Waals surface area (Å²) >= 11 is 1.61. The third kappa shape index (κ3) is 3.09. The van der Waals surface area contributed by atoms with E-state index in [4.69, 9.17) is 0 Å². The van der Waals surface area contributed by atoms with E-state index in [0.717, 1.165) is 38.8 Å². The normalized spacial score (nSPS) is 14.3. The highest BCUT2D eigenvalue weighted by Gasteiger charge is 2.13. The molecule has 7 nitrogen and oxygen atoms in total. The molecule has 1 aliphatic rings. The van der Waals surface area contributed by atoms with E-state index in [1.807, 2.05) is 30.3 Å². The Morgan fingerprint density at radius 1 is 1.08 bits per heavy atom. The number of fused-ring (bicyclic) bond motifs is 1. The molecule has 0 atom stereocenters. The van der Waals surface area contributed by atoms with Crippen molar-refractivity contribution in [1.82, 2.24) is 20.3 Å². The van der Waals surface area contributed by atoms with Crippen LogP contribution in [0.4, 0.5) is 0 Å². The summed E-state index contributed by atoms with van der Waals surface area (Å²) in [4.78, 5) is 20.8. The fraction of sp³-hybridized carbons (Fsp3) is 0.125. The van der Waals surface area contributed by atoms with Crippen LogP contribution in [-0.4, -0.2) is 31.6 Å². The molecule has 24 heavy (non-hydrogen) atoms. The van der Waals surface area contributed by atoms with Crippen LogP contribution in [0, 0.1) is 0 Å². The average Bonchev–Trinajstić information content (AvgIpc) is 3.00. The smallest absolute Gasteiger partial charge is 0.323 e. The number of hydrogen-bond acceptors (Lipinski definition) is 6. The van der Waals surface area contributed by atoms with Crippen molar-refractivity contribution < 1.29 is 0 Å². The molecule has 1 aromatic carbocycles. The fourth-order valence-corrected chi connectivity index (χ4v) is 3.19. The zero-order valence-electron chi connectivity index (χ0n) is 12.6. The van der Waals surface area contributed by atoms with Gasteiger partial charge < -0.3 is 15.3 Å². The van der Waals surface area contributed by atoms with Crippen molar-refractivity contribution in [2.75, 3.05) is 5.75 Å². The lowest BCUT2D eigenvalue weighted by Gasteiger charge is -2.13. The number of benzene rings is 1. The highest BCUT2D eigenvalue weighted by molar-refractivity contribution is 8.14. The SMILES string of the molecule is O=c1[nH]c2ccc(C3=NN=C(NCc4ccncc4)SC3)cc2[nH]1. The first-order valence-corrected chi connectivity index (χ1v) is 8.39. The molecular weight excluding hydrogens is 324 g/mol. The van der Waals surface area contributed by atoms with Crippen LogP contribution in [0.2, 0.25) is 0 Å². The Kier molecular flexibility index (Phi) is 3.87. The Morgan fingerprint density at radius 3 is 2.71 bits per heavy atom. The summed E-state index contributed by atoms with van der Waals surface area (Å²) in [5.74, 6) is 0.725. The number of rotatable bonds is 3. The maximum Gasteiger partial charge on any atom is 0.323 e. The van der Waals surface area contributed by atoms with Gasteiger partial charge in [-0.15, -0.1) is 5.10 Å². The lowest BCUT2D eigenvalue weighted by atomic mass is 10.1. The monoisotopic (exact) mass is 338 g/mol. The summed E-state index contributed by atoms with van der Waals surface area (Å²) in [6.07, 6.45) is 3.54. The Balaban J connectivity index is 1.49. The first-order valence-electron chi connectivity index (χ1n) is 7.40. The lowest BCUT2D eigenvalue weighted by molar-refractivity contribution is 0.915. The molecule has 2 aromatic heterocycles. The zero-order valence-corrected chi connectivity index (χ0v) is 13.4. The van der Waals surface area contributed by atoms with E-state index in [-0.39, 0.29) is 5.69 Å². The molecule has 120 valence electrons. The summed E-state index contributed by atoms with van der Waals surface area (Å²) in [6, 6.07) is 9.65. The maximum atomic E-state index is 11.3. The van der Waals surface area contributed by atoms with Gasteiger partial charge in [0, 0.05) is 30.3 Å². The summed E-state index contributed by atoms with van der Waals surface area (Å²) in [5, 5.41) is 12.6. The molecule has 3 aromatic rings. The topological polar surface area (TPSA) is 98.3 Å². The Hall–Kier alpha value is -2.87. The van der Waals surface area contributed by atoms with Crippen molar-refractivity contribution in [1.29, 1.82) is 0 Å². The summed E-state index contributed by atoms with van der Waals surface area (Å²) in [6.45, 7) is 0.690. The van der Waals surface area contributed by atoms with Gasteiger partial charge in [0.2, 0.25) is 0 Å². The molecule has 0 saturated heterocycles. The number of H-pyrrole nitrogens is 2. The number of hydrogen-bond donors (Lipinski definition) is 3. The molecule has 4 rings (SSSR count). The predicted octanol–water partition coefficient (Wildman–Crippen LogP) is 1.85. The molecule has 0 amide bonds. The highest BCUT2D eigenvalue weighted by atomic mass is 32.2. The molecular formula is C16H14N6OS. The van der Waals surface area contributed by atoms with Gasteiger partial charge in [0.25, 0.3) is 0 Å². The van der Waals surface area contributed by atoms with Crippen LogP contribution in [0.25, 0.3) is 11.0 Å². The van der Waals surface area contributed by atoms with E-state index >= 15 is 0 Å². The molecule has 3 N–H and O–H groups in total. The molecule has 8 heteroatoms. The van der Waals surface area contributed by atoms with Crippen LogP contribution in [-0.2, 0) is 6.54 Å². The van der Waals surface area contributed by atoms with Crippen molar-refractivity contribution in [3.05, 3.63) is 64.3 Å². The molecule has 0 radical (unpaired) electrons. The largest absolute Gasteiger partial charge is 0.359 e. The van der Waals surface area contributed by atoms with E-state index in [2.05, 4.69) is 30.5 Å². The minimum Gasteiger partial charge on any atom is -0.359 e. The number of nitrogens with zero attached hydrogens (tertiary/aromatic N) is 3. The number of nitrogens with one attached hydrogen (secondary N) is 3.